The predicted molar refractivity (Wildman–Crippen MR) is 60.2 cm³/mol. The first-order valence-electron chi connectivity index (χ1n) is 4.57. The third kappa shape index (κ3) is 2.21. The van der Waals surface area contributed by atoms with Crippen molar-refractivity contribution in [3.63, 3.8) is 0 Å². The second kappa shape index (κ2) is 4.06. The molecule has 1 aromatic heterocycles. The van der Waals surface area contributed by atoms with E-state index in [0.29, 0.717) is 0 Å². The third-order valence-corrected chi connectivity index (χ3v) is 3.33. The molecule has 0 unspecified atom stereocenters. The number of para-hydroxylation sites is 1. The van der Waals surface area contributed by atoms with Crippen LogP contribution < -0.4 is 10.5 Å². The number of nitrogens with two attached hydrogens (primary N) is 1. The van der Waals surface area contributed by atoms with E-state index in [1.807, 2.05) is 0 Å². The average Bonchev–Trinajstić information content (AvgIpc) is 2.77. The lowest BCUT2D eigenvalue weighted by molar-refractivity contribution is 0.595. The summed E-state index contributed by atoms with van der Waals surface area (Å²) in [7, 11) is -3.90. The van der Waals surface area contributed by atoms with E-state index >= 15 is 0 Å². The molecule has 0 aliphatic heterocycles. The van der Waals surface area contributed by atoms with Crippen LogP contribution in [0.5, 0.6) is 0 Å². The number of halogens is 1. The lowest BCUT2D eigenvalue weighted by atomic mass is 10.3. The van der Waals surface area contributed by atoms with Crippen molar-refractivity contribution in [1.29, 1.82) is 0 Å². The van der Waals surface area contributed by atoms with Crippen LogP contribution in [0.4, 0.5) is 15.8 Å². The first kappa shape index (κ1) is 11.4. The minimum atomic E-state index is -3.90. The summed E-state index contributed by atoms with van der Waals surface area (Å²) in [4.78, 5) is 0. The number of hydrogen-bond acceptors (Lipinski definition) is 4. The molecule has 0 atom stereocenters. The van der Waals surface area contributed by atoms with E-state index in [4.69, 9.17) is 5.73 Å². The van der Waals surface area contributed by atoms with Gasteiger partial charge in [0.25, 0.3) is 10.0 Å². The van der Waals surface area contributed by atoms with Gasteiger partial charge in [-0.15, -0.1) is 0 Å². The SMILES string of the molecule is Nc1cccc(F)c1NS(=O)(=O)c1ccn[nH]1. The van der Waals surface area contributed by atoms with Crippen LogP contribution in [-0.2, 0) is 10.0 Å². The quantitative estimate of drug-likeness (QED) is 0.711. The number of aromatic nitrogens is 2. The van der Waals surface area contributed by atoms with Gasteiger partial charge in [0.15, 0.2) is 5.03 Å². The molecule has 90 valence electrons. The third-order valence-electron chi connectivity index (χ3n) is 2.05. The monoisotopic (exact) mass is 256 g/mol. The van der Waals surface area contributed by atoms with E-state index in [9.17, 15) is 12.8 Å². The Labute approximate surface area is 96.7 Å². The number of rotatable bonds is 3. The molecule has 17 heavy (non-hydrogen) atoms. The van der Waals surface area contributed by atoms with E-state index in [1.165, 1.54) is 24.4 Å². The molecule has 1 aromatic carbocycles. The van der Waals surface area contributed by atoms with Gasteiger partial charge in [0.2, 0.25) is 0 Å². The number of nitrogens with zero attached hydrogens (tertiary/aromatic N) is 1. The molecule has 0 bridgehead atoms. The number of H-pyrrole nitrogens is 1. The largest absolute Gasteiger partial charge is 0.397 e. The van der Waals surface area contributed by atoms with Gasteiger partial charge in [-0.3, -0.25) is 9.82 Å². The highest BCUT2D eigenvalue weighted by Gasteiger charge is 2.18. The molecule has 0 amide bonds. The minimum Gasteiger partial charge on any atom is -0.397 e. The van der Waals surface area contributed by atoms with Gasteiger partial charge in [0, 0.05) is 0 Å². The fraction of sp³-hybridized carbons (Fsp3) is 0. The summed E-state index contributed by atoms with van der Waals surface area (Å²) in [5, 5.41) is 5.61. The number of hydrogen-bond donors (Lipinski definition) is 3. The summed E-state index contributed by atoms with van der Waals surface area (Å²) in [6.07, 6.45) is 1.28. The second-order valence-corrected chi connectivity index (χ2v) is 4.88. The topological polar surface area (TPSA) is 101 Å². The highest BCUT2D eigenvalue weighted by Crippen LogP contribution is 2.24. The van der Waals surface area contributed by atoms with E-state index in [-0.39, 0.29) is 16.4 Å². The zero-order valence-corrected chi connectivity index (χ0v) is 9.33. The van der Waals surface area contributed by atoms with Crippen LogP contribution in [0.1, 0.15) is 0 Å². The Hall–Kier alpha value is -2.09. The summed E-state index contributed by atoms with van der Waals surface area (Å²) in [6, 6.07) is 5.15. The van der Waals surface area contributed by atoms with Crippen molar-refractivity contribution in [2.24, 2.45) is 0 Å². The summed E-state index contributed by atoms with van der Waals surface area (Å²) >= 11 is 0. The van der Waals surface area contributed by atoms with Crippen LogP contribution in [-0.4, -0.2) is 18.6 Å². The molecular formula is C9H9FN4O2S. The van der Waals surface area contributed by atoms with Crippen molar-refractivity contribution in [2.75, 3.05) is 10.5 Å². The molecule has 0 fully saturated rings. The van der Waals surface area contributed by atoms with Crippen molar-refractivity contribution < 1.29 is 12.8 Å². The molecule has 6 nitrogen and oxygen atoms in total. The maximum absolute atomic E-state index is 13.4. The Morgan fingerprint density at radius 1 is 1.35 bits per heavy atom. The van der Waals surface area contributed by atoms with Crippen LogP contribution in [0.2, 0.25) is 0 Å². The van der Waals surface area contributed by atoms with Crippen molar-refractivity contribution in [3.05, 3.63) is 36.3 Å². The first-order chi connectivity index (χ1) is 8.00. The lowest BCUT2D eigenvalue weighted by Crippen LogP contribution is -2.15. The molecule has 0 aliphatic carbocycles. The van der Waals surface area contributed by atoms with E-state index < -0.39 is 15.8 Å². The lowest BCUT2D eigenvalue weighted by Gasteiger charge is -2.09. The summed E-state index contributed by atoms with van der Waals surface area (Å²) in [6.45, 7) is 0. The zero-order valence-electron chi connectivity index (χ0n) is 8.51. The Bertz CT molecular complexity index is 604. The molecule has 4 N–H and O–H groups in total. The van der Waals surface area contributed by atoms with Crippen LogP contribution in [0, 0.1) is 5.82 Å². The summed E-state index contributed by atoms with van der Waals surface area (Å²) in [5.74, 6) is -0.743. The van der Waals surface area contributed by atoms with Gasteiger partial charge in [-0.05, 0) is 18.2 Å². The van der Waals surface area contributed by atoms with Gasteiger partial charge in [0.05, 0.1) is 11.9 Å². The fourth-order valence-corrected chi connectivity index (χ4v) is 2.24. The average molecular weight is 256 g/mol. The zero-order chi connectivity index (χ0) is 12.5. The highest BCUT2D eigenvalue weighted by molar-refractivity contribution is 7.92. The van der Waals surface area contributed by atoms with Crippen LogP contribution in [0.3, 0.4) is 0 Å². The smallest absolute Gasteiger partial charge is 0.278 e. The molecule has 2 aromatic rings. The van der Waals surface area contributed by atoms with E-state index in [1.54, 1.807) is 0 Å². The number of nitrogen functional groups attached to an aromatic ring is 1. The molecule has 0 spiro atoms. The fourth-order valence-electron chi connectivity index (χ4n) is 1.23. The molecular weight excluding hydrogens is 247 g/mol. The van der Waals surface area contributed by atoms with Crippen molar-refractivity contribution in [2.45, 2.75) is 5.03 Å². The number of benzene rings is 1. The van der Waals surface area contributed by atoms with Crippen molar-refractivity contribution in [1.82, 2.24) is 10.2 Å². The molecule has 0 aliphatic rings. The van der Waals surface area contributed by atoms with Gasteiger partial charge < -0.3 is 5.73 Å². The Balaban J connectivity index is 2.40. The Kier molecular flexibility index (Phi) is 2.72. The Morgan fingerprint density at radius 3 is 2.71 bits per heavy atom. The maximum atomic E-state index is 13.4. The minimum absolute atomic E-state index is 0.00749. The number of sulfonamides is 1. The predicted octanol–water partition coefficient (Wildman–Crippen LogP) is 0.932. The second-order valence-electron chi connectivity index (χ2n) is 3.23. The maximum Gasteiger partial charge on any atom is 0.278 e. The first-order valence-corrected chi connectivity index (χ1v) is 6.05. The highest BCUT2D eigenvalue weighted by atomic mass is 32.2. The number of anilines is 2. The van der Waals surface area contributed by atoms with Crippen molar-refractivity contribution >= 4 is 21.4 Å². The number of aromatic amines is 1. The van der Waals surface area contributed by atoms with E-state index in [0.717, 1.165) is 6.07 Å². The summed E-state index contributed by atoms with van der Waals surface area (Å²) < 4.78 is 39.0. The Morgan fingerprint density at radius 2 is 2.12 bits per heavy atom. The van der Waals surface area contributed by atoms with Gasteiger partial charge in [-0.1, -0.05) is 6.07 Å². The van der Waals surface area contributed by atoms with Gasteiger partial charge in [0.1, 0.15) is 11.5 Å². The molecule has 0 saturated heterocycles. The standard InChI is InChI=1S/C9H9FN4O2S/c10-6-2-1-3-7(11)9(6)14-17(15,16)8-4-5-12-13-8/h1-5,14H,11H2,(H,12,13). The van der Waals surface area contributed by atoms with E-state index in [2.05, 4.69) is 14.9 Å². The van der Waals surface area contributed by atoms with Gasteiger partial charge in [-0.25, -0.2) is 4.39 Å². The van der Waals surface area contributed by atoms with Crippen LogP contribution >= 0.6 is 0 Å². The molecule has 2 rings (SSSR count). The molecule has 1 heterocycles. The molecule has 0 radical (unpaired) electrons. The van der Waals surface area contributed by atoms with Gasteiger partial charge in [-0.2, -0.15) is 13.5 Å². The number of nitrogens with one attached hydrogen (secondary N) is 2. The van der Waals surface area contributed by atoms with Gasteiger partial charge >= 0.3 is 0 Å². The van der Waals surface area contributed by atoms with Crippen LogP contribution in [0.15, 0.2) is 35.5 Å². The molecule has 8 heteroatoms. The van der Waals surface area contributed by atoms with Crippen LogP contribution in [0.25, 0.3) is 0 Å². The molecule has 0 saturated carbocycles. The normalized spacial score (nSPS) is 11.4. The summed E-state index contributed by atoms with van der Waals surface area (Å²) in [5.41, 5.74) is 5.22. The van der Waals surface area contributed by atoms with Crippen molar-refractivity contribution in [3.8, 4) is 0 Å².